The predicted molar refractivity (Wildman–Crippen MR) is 134 cm³/mol. The second-order valence-electron chi connectivity index (χ2n) is 7.85. The van der Waals surface area contributed by atoms with Gasteiger partial charge >= 0.3 is 0 Å². The number of anilines is 2. The molecule has 4 rings (SSSR count). The molecular weight excluding hydrogens is 468 g/mol. The molecule has 184 valence electrons. The lowest BCUT2D eigenvalue weighted by Crippen LogP contribution is -2.36. The van der Waals surface area contributed by atoms with Crippen LogP contribution < -0.4 is 20.3 Å². The van der Waals surface area contributed by atoms with Gasteiger partial charge in [0.1, 0.15) is 5.75 Å². The molecule has 1 saturated heterocycles. The summed E-state index contributed by atoms with van der Waals surface area (Å²) in [5, 5.41) is 14.6. The Hall–Kier alpha value is -3.57. The molecule has 2 heterocycles. The van der Waals surface area contributed by atoms with E-state index in [1.807, 2.05) is 24.3 Å². The van der Waals surface area contributed by atoms with Gasteiger partial charge in [0.2, 0.25) is 5.91 Å². The smallest absolute Gasteiger partial charge is 0.251 e. The summed E-state index contributed by atoms with van der Waals surface area (Å²) in [5.74, 6) is 1.12. The van der Waals surface area contributed by atoms with Crippen molar-refractivity contribution in [2.24, 2.45) is 7.05 Å². The van der Waals surface area contributed by atoms with E-state index in [1.54, 1.807) is 43.0 Å². The summed E-state index contributed by atoms with van der Waals surface area (Å²) in [6.45, 7) is 3.42. The van der Waals surface area contributed by atoms with Gasteiger partial charge in [0.25, 0.3) is 5.91 Å². The number of aromatic nitrogens is 3. The number of morpholine rings is 1. The summed E-state index contributed by atoms with van der Waals surface area (Å²) in [7, 11) is 3.38. The average molecular weight is 497 g/mol. The number of nitrogens with one attached hydrogen (secondary N) is 2. The average Bonchev–Trinajstić information content (AvgIpc) is 3.26. The predicted octanol–water partition coefficient (Wildman–Crippen LogP) is 2.32. The number of ether oxygens (including phenoxy) is 2. The molecule has 0 spiro atoms. The minimum atomic E-state index is -0.219. The maximum absolute atomic E-state index is 12.4. The van der Waals surface area contributed by atoms with Gasteiger partial charge < -0.3 is 29.6 Å². The molecule has 1 aliphatic rings. The van der Waals surface area contributed by atoms with Gasteiger partial charge in [0, 0.05) is 37.1 Å². The summed E-state index contributed by atoms with van der Waals surface area (Å²) in [6.07, 6.45) is 0. The highest BCUT2D eigenvalue weighted by Gasteiger charge is 2.14. The van der Waals surface area contributed by atoms with Crippen LogP contribution in [0.25, 0.3) is 0 Å². The third-order valence-corrected chi connectivity index (χ3v) is 6.56. The lowest BCUT2D eigenvalue weighted by Gasteiger charge is -2.28. The van der Waals surface area contributed by atoms with Crippen molar-refractivity contribution in [3.63, 3.8) is 0 Å². The first-order chi connectivity index (χ1) is 17.0. The second-order valence-corrected chi connectivity index (χ2v) is 8.79. The Kier molecular flexibility index (Phi) is 8.22. The van der Waals surface area contributed by atoms with Gasteiger partial charge in [-0.1, -0.05) is 11.8 Å². The van der Waals surface area contributed by atoms with E-state index in [9.17, 15) is 9.59 Å². The minimum Gasteiger partial charge on any atom is -0.497 e. The van der Waals surface area contributed by atoms with Gasteiger partial charge in [-0.25, -0.2) is 0 Å². The topological polar surface area (TPSA) is 111 Å². The van der Waals surface area contributed by atoms with Crippen molar-refractivity contribution in [1.29, 1.82) is 0 Å². The Balaban J connectivity index is 1.24. The maximum Gasteiger partial charge on any atom is 0.251 e. The van der Waals surface area contributed by atoms with Gasteiger partial charge in [-0.3, -0.25) is 9.59 Å². The van der Waals surface area contributed by atoms with Crippen LogP contribution in [0, 0.1) is 0 Å². The van der Waals surface area contributed by atoms with Crippen molar-refractivity contribution in [2.45, 2.75) is 11.7 Å². The molecule has 2 aromatic carbocycles. The van der Waals surface area contributed by atoms with E-state index in [-0.39, 0.29) is 24.1 Å². The van der Waals surface area contributed by atoms with E-state index in [1.165, 1.54) is 11.8 Å². The minimum absolute atomic E-state index is 0.133. The lowest BCUT2D eigenvalue weighted by molar-refractivity contribution is -0.113. The zero-order valence-corrected chi connectivity index (χ0v) is 20.5. The van der Waals surface area contributed by atoms with Gasteiger partial charge in [-0.05, 0) is 48.5 Å². The number of carbonyl (C=O) groups excluding carboxylic acids is 2. The number of carbonyl (C=O) groups is 2. The van der Waals surface area contributed by atoms with E-state index < -0.39 is 0 Å². The summed E-state index contributed by atoms with van der Waals surface area (Å²) < 4.78 is 12.3. The third kappa shape index (κ3) is 6.52. The van der Waals surface area contributed by atoms with E-state index in [0.29, 0.717) is 22.3 Å². The molecule has 11 heteroatoms. The molecule has 1 fully saturated rings. The number of methoxy groups -OCH3 is 1. The van der Waals surface area contributed by atoms with Gasteiger partial charge in [0.15, 0.2) is 11.0 Å². The molecule has 3 aromatic rings. The molecule has 1 aromatic heterocycles. The summed E-state index contributed by atoms with van der Waals surface area (Å²) in [4.78, 5) is 27.0. The summed E-state index contributed by atoms with van der Waals surface area (Å²) in [5.41, 5.74) is 2.39. The maximum atomic E-state index is 12.4. The molecule has 1 aliphatic heterocycles. The van der Waals surface area contributed by atoms with Crippen LogP contribution in [-0.2, 0) is 23.1 Å². The van der Waals surface area contributed by atoms with E-state index in [0.717, 1.165) is 37.7 Å². The highest BCUT2D eigenvalue weighted by atomic mass is 32.2. The number of benzene rings is 2. The van der Waals surface area contributed by atoms with Crippen LogP contribution in [0.4, 0.5) is 11.4 Å². The van der Waals surface area contributed by atoms with E-state index >= 15 is 0 Å². The lowest BCUT2D eigenvalue weighted by atomic mass is 10.2. The van der Waals surface area contributed by atoms with Crippen molar-refractivity contribution >= 4 is 35.0 Å². The molecule has 0 aliphatic carbocycles. The molecular formula is C24H28N6O4S. The first-order valence-corrected chi connectivity index (χ1v) is 12.2. The Morgan fingerprint density at radius 2 is 1.77 bits per heavy atom. The molecule has 0 bridgehead atoms. The van der Waals surface area contributed by atoms with Gasteiger partial charge in [0.05, 0.1) is 32.6 Å². The molecule has 35 heavy (non-hydrogen) atoms. The highest BCUT2D eigenvalue weighted by molar-refractivity contribution is 7.99. The van der Waals surface area contributed by atoms with Crippen LogP contribution in [0.5, 0.6) is 5.75 Å². The quantitative estimate of drug-likeness (QED) is 0.435. The third-order valence-electron chi connectivity index (χ3n) is 5.54. The number of amides is 2. The molecule has 0 saturated carbocycles. The summed E-state index contributed by atoms with van der Waals surface area (Å²) >= 11 is 1.28. The van der Waals surface area contributed by atoms with E-state index in [4.69, 9.17) is 9.47 Å². The van der Waals surface area contributed by atoms with E-state index in [2.05, 4.69) is 25.7 Å². The Labute approximate surface area is 208 Å². The Morgan fingerprint density at radius 3 is 2.46 bits per heavy atom. The van der Waals surface area contributed by atoms with Crippen LogP contribution in [0.15, 0.2) is 53.7 Å². The number of thioether (sulfide) groups is 1. The van der Waals surface area contributed by atoms with Crippen molar-refractivity contribution in [3.05, 3.63) is 59.9 Å². The molecule has 10 nitrogen and oxygen atoms in total. The fraction of sp³-hybridized carbons (Fsp3) is 0.333. The first kappa shape index (κ1) is 24.6. The fourth-order valence-corrected chi connectivity index (χ4v) is 4.26. The zero-order valence-electron chi connectivity index (χ0n) is 19.7. The van der Waals surface area contributed by atoms with Crippen molar-refractivity contribution < 1.29 is 19.1 Å². The molecule has 0 atom stereocenters. The van der Waals surface area contributed by atoms with Crippen LogP contribution in [-0.4, -0.2) is 65.7 Å². The Bertz CT molecular complexity index is 1140. The van der Waals surface area contributed by atoms with Gasteiger partial charge in [-0.15, -0.1) is 10.2 Å². The van der Waals surface area contributed by atoms with Crippen molar-refractivity contribution in [2.75, 3.05) is 49.4 Å². The van der Waals surface area contributed by atoms with Crippen molar-refractivity contribution in [3.8, 4) is 5.75 Å². The molecule has 2 amide bonds. The monoisotopic (exact) mass is 496 g/mol. The fourth-order valence-electron chi connectivity index (χ4n) is 3.53. The normalized spacial score (nSPS) is 13.4. The van der Waals surface area contributed by atoms with Crippen molar-refractivity contribution in [1.82, 2.24) is 20.1 Å². The number of nitrogens with zero attached hydrogens (tertiary/aromatic N) is 4. The highest BCUT2D eigenvalue weighted by Crippen LogP contribution is 2.20. The molecule has 2 N–H and O–H groups in total. The standard InChI is InChI=1S/C24H28N6O4S/c1-29-21(15-25-23(32)17-3-9-20(33-2)10-4-17)27-28-24(29)35-16-22(31)26-18-5-7-19(8-6-18)30-11-13-34-14-12-30/h3-10H,11-16H2,1-2H3,(H,25,32)(H,26,31). The SMILES string of the molecule is COc1ccc(C(=O)NCc2nnc(SCC(=O)Nc3ccc(N4CCOCC4)cc3)n2C)cc1. The number of hydrogen-bond donors (Lipinski definition) is 2. The largest absolute Gasteiger partial charge is 0.497 e. The summed E-state index contributed by atoms with van der Waals surface area (Å²) in [6, 6.07) is 14.7. The second kappa shape index (κ2) is 11.7. The van der Waals surface area contributed by atoms with Gasteiger partial charge in [-0.2, -0.15) is 0 Å². The number of hydrogen-bond acceptors (Lipinski definition) is 8. The zero-order chi connectivity index (χ0) is 24.6. The molecule has 0 radical (unpaired) electrons. The first-order valence-electron chi connectivity index (χ1n) is 11.2. The van der Waals surface area contributed by atoms with Crippen LogP contribution in [0.1, 0.15) is 16.2 Å². The van der Waals surface area contributed by atoms with Crippen LogP contribution in [0.2, 0.25) is 0 Å². The Morgan fingerprint density at radius 1 is 1.06 bits per heavy atom. The van der Waals surface area contributed by atoms with Crippen LogP contribution in [0.3, 0.4) is 0 Å². The van der Waals surface area contributed by atoms with Crippen LogP contribution >= 0.6 is 11.8 Å². The number of rotatable bonds is 9. The molecule has 0 unspecified atom stereocenters.